The van der Waals surface area contributed by atoms with Gasteiger partial charge in [0.1, 0.15) is 4.47 Å². The van der Waals surface area contributed by atoms with Crippen molar-refractivity contribution in [3.63, 3.8) is 0 Å². The van der Waals surface area contributed by atoms with Crippen LogP contribution in [-0.4, -0.2) is 22.2 Å². The normalized spacial score (nSPS) is 14.4. The smallest absolute Gasteiger partial charge is 0.283 e. The quantitative estimate of drug-likeness (QED) is 0.733. The van der Waals surface area contributed by atoms with Crippen molar-refractivity contribution in [3.8, 4) is 0 Å². The van der Waals surface area contributed by atoms with Gasteiger partial charge < -0.3 is 11.1 Å². The molecule has 1 heterocycles. The summed E-state index contributed by atoms with van der Waals surface area (Å²) in [6.45, 7) is 1.27. The highest BCUT2D eigenvalue weighted by atomic mass is 79.9. The highest BCUT2D eigenvalue weighted by Crippen LogP contribution is 2.30. The largest absolute Gasteiger partial charge is 0.383 e. The highest BCUT2D eigenvalue weighted by Gasteiger charge is 2.23. The van der Waals surface area contributed by atoms with E-state index in [0.29, 0.717) is 42.0 Å². The predicted molar refractivity (Wildman–Crippen MR) is 75.8 cm³/mol. The number of aromatic nitrogens is 2. The number of nitrogens with one attached hydrogen (secondary N) is 1. The maximum absolute atomic E-state index is 12.0. The Morgan fingerprint density at radius 2 is 2.32 bits per heavy atom. The second kappa shape index (κ2) is 6.18. The first-order valence-electron chi connectivity index (χ1n) is 6.35. The molecule has 2 rings (SSSR count). The van der Waals surface area contributed by atoms with Gasteiger partial charge in [0.05, 0.1) is 11.9 Å². The lowest BCUT2D eigenvalue weighted by atomic mass is 10.3. The lowest BCUT2D eigenvalue weighted by Crippen LogP contribution is -2.25. The van der Waals surface area contributed by atoms with E-state index in [1.54, 1.807) is 6.20 Å². The van der Waals surface area contributed by atoms with Crippen LogP contribution in [0.15, 0.2) is 15.5 Å². The van der Waals surface area contributed by atoms with Crippen molar-refractivity contribution in [2.24, 2.45) is 11.7 Å². The van der Waals surface area contributed by atoms with Crippen molar-refractivity contribution >= 4 is 27.5 Å². The fraction of sp³-hybridized carbons (Fsp3) is 0.583. The molecule has 1 aliphatic carbocycles. The average Bonchev–Trinajstić information content (AvgIpc) is 3.17. The van der Waals surface area contributed by atoms with Crippen molar-refractivity contribution in [3.05, 3.63) is 21.0 Å². The molecule has 104 valence electrons. The Bertz CT molecular complexity index is 525. The molecule has 0 aromatic carbocycles. The molecule has 1 aliphatic rings. The molecular weight excluding hydrogens is 312 g/mol. The molecule has 0 atom stereocenters. The number of anilines is 1. The lowest BCUT2D eigenvalue weighted by Gasteiger charge is -2.09. The first kappa shape index (κ1) is 14.0. The number of nitrogens with two attached hydrogens (primary N) is 1. The highest BCUT2D eigenvalue weighted by molar-refractivity contribution is 9.10. The van der Waals surface area contributed by atoms with Crippen molar-refractivity contribution < 1.29 is 4.79 Å². The third-order valence-electron chi connectivity index (χ3n) is 3.03. The summed E-state index contributed by atoms with van der Waals surface area (Å²) in [6.07, 6.45) is 4.96. The van der Waals surface area contributed by atoms with E-state index in [-0.39, 0.29) is 11.5 Å². The van der Waals surface area contributed by atoms with Crippen LogP contribution in [0.25, 0.3) is 0 Å². The summed E-state index contributed by atoms with van der Waals surface area (Å²) in [5, 5.41) is 7.23. The van der Waals surface area contributed by atoms with Crippen molar-refractivity contribution in [2.75, 3.05) is 11.9 Å². The third kappa shape index (κ3) is 4.05. The van der Waals surface area contributed by atoms with Gasteiger partial charge in [0, 0.05) is 19.5 Å². The molecule has 3 N–H and O–H groups in total. The molecular formula is C12H17BrN4O2. The van der Waals surface area contributed by atoms with Crippen LogP contribution in [0.1, 0.15) is 25.7 Å². The Hall–Kier alpha value is -1.37. The molecule has 1 amide bonds. The number of rotatable bonds is 7. The third-order valence-corrected chi connectivity index (χ3v) is 3.79. The van der Waals surface area contributed by atoms with Gasteiger partial charge in [0.25, 0.3) is 5.56 Å². The lowest BCUT2D eigenvalue weighted by molar-refractivity contribution is -0.118. The van der Waals surface area contributed by atoms with Gasteiger partial charge in [-0.1, -0.05) is 0 Å². The van der Waals surface area contributed by atoms with Gasteiger partial charge in [-0.15, -0.1) is 0 Å². The van der Waals surface area contributed by atoms with E-state index in [1.165, 1.54) is 17.5 Å². The van der Waals surface area contributed by atoms with Gasteiger partial charge in [-0.25, -0.2) is 4.68 Å². The Balaban J connectivity index is 1.95. The van der Waals surface area contributed by atoms with Gasteiger partial charge in [0.15, 0.2) is 0 Å². The number of hydrogen-bond donors (Lipinski definition) is 2. The molecule has 1 aromatic rings. The van der Waals surface area contributed by atoms with Crippen LogP contribution in [0.4, 0.5) is 5.69 Å². The van der Waals surface area contributed by atoms with E-state index in [2.05, 4.69) is 26.3 Å². The van der Waals surface area contributed by atoms with Gasteiger partial charge in [-0.3, -0.25) is 9.59 Å². The summed E-state index contributed by atoms with van der Waals surface area (Å²) in [4.78, 5) is 22.6. The molecule has 0 spiro atoms. The molecule has 0 radical (unpaired) electrons. The van der Waals surface area contributed by atoms with Gasteiger partial charge in [-0.05, 0) is 41.1 Å². The molecule has 1 aromatic heterocycles. The Kier molecular flexibility index (Phi) is 4.57. The monoisotopic (exact) mass is 328 g/mol. The second-order valence-corrected chi connectivity index (χ2v) is 5.59. The number of amides is 1. The minimum atomic E-state index is -0.321. The molecule has 0 bridgehead atoms. The van der Waals surface area contributed by atoms with E-state index in [0.717, 1.165) is 0 Å². The summed E-state index contributed by atoms with van der Waals surface area (Å²) in [7, 11) is 0. The predicted octanol–water partition coefficient (Wildman–Crippen LogP) is 1.09. The zero-order valence-electron chi connectivity index (χ0n) is 10.6. The van der Waals surface area contributed by atoms with Crippen LogP contribution in [0.5, 0.6) is 0 Å². The fourth-order valence-corrected chi connectivity index (χ4v) is 2.20. The molecule has 19 heavy (non-hydrogen) atoms. The standard InChI is InChI=1S/C12H17BrN4O2/c13-11-9(15-5-1-2-10(14)18)6-16-17(12(11)19)7-8-3-4-8/h6,8,15H,1-5,7H2,(H2,14,18). The van der Waals surface area contributed by atoms with E-state index < -0.39 is 0 Å². The SMILES string of the molecule is NC(=O)CCCNc1cnn(CC2CC2)c(=O)c1Br. The zero-order valence-corrected chi connectivity index (χ0v) is 12.1. The number of hydrogen-bond acceptors (Lipinski definition) is 4. The summed E-state index contributed by atoms with van der Waals surface area (Å²) in [6, 6.07) is 0. The molecule has 0 saturated heterocycles. The van der Waals surface area contributed by atoms with E-state index in [9.17, 15) is 9.59 Å². The van der Waals surface area contributed by atoms with Crippen LogP contribution >= 0.6 is 15.9 Å². The second-order valence-electron chi connectivity index (χ2n) is 4.80. The van der Waals surface area contributed by atoms with Crippen LogP contribution in [-0.2, 0) is 11.3 Å². The molecule has 7 heteroatoms. The molecule has 0 aliphatic heterocycles. The Morgan fingerprint density at radius 3 is 2.95 bits per heavy atom. The van der Waals surface area contributed by atoms with Crippen LogP contribution < -0.4 is 16.6 Å². The Labute approximate surface area is 119 Å². The number of primary amides is 1. The fourth-order valence-electron chi connectivity index (χ4n) is 1.75. The number of halogens is 1. The number of carbonyl (C=O) groups excluding carboxylic acids is 1. The topological polar surface area (TPSA) is 90.0 Å². The summed E-state index contributed by atoms with van der Waals surface area (Å²) in [5.74, 6) is 0.283. The maximum atomic E-state index is 12.0. The number of nitrogens with zero attached hydrogens (tertiary/aromatic N) is 2. The summed E-state index contributed by atoms with van der Waals surface area (Å²) in [5.41, 5.74) is 5.59. The molecule has 1 saturated carbocycles. The van der Waals surface area contributed by atoms with Crippen LogP contribution in [0.3, 0.4) is 0 Å². The minimum absolute atomic E-state index is 0.119. The summed E-state index contributed by atoms with van der Waals surface area (Å²) < 4.78 is 1.98. The van der Waals surface area contributed by atoms with Gasteiger partial charge >= 0.3 is 0 Å². The van der Waals surface area contributed by atoms with E-state index >= 15 is 0 Å². The zero-order chi connectivity index (χ0) is 13.8. The van der Waals surface area contributed by atoms with Crippen molar-refractivity contribution in [2.45, 2.75) is 32.2 Å². The van der Waals surface area contributed by atoms with E-state index in [1.807, 2.05) is 0 Å². The van der Waals surface area contributed by atoms with E-state index in [4.69, 9.17) is 5.73 Å². The minimum Gasteiger partial charge on any atom is -0.383 e. The van der Waals surface area contributed by atoms with Crippen LogP contribution in [0.2, 0.25) is 0 Å². The first-order valence-corrected chi connectivity index (χ1v) is 7.15. The Morgan fingerprint density at radius 1 is 1.58 bits per heavy atom. The van der Waals surface area contributed by atoms with Gasteiger partial charge in [-0.2, -0.15) is 5.10 Å². The first-order chi connectivity index (χ1) is 9.08. The average molecular weight is 329 g/mol. The summed E-state index contributed by atoms with van der Waals surface area (Å²) >= 11 is 3.29. The maximum Gasteiger partial charge on any atom is 0.283 e. The van der Waals surface area contributed by atoms with Crippen LogP contribution in [0, 0.1) is 5.92 Å². The van der Waals surface area contributed by atoms with Crippen molar-refractivity contribution in [1.82, 2.24) is 9.78 Å². The van der Waals surface area contributed by atoms with Gasteiger partial charge in [0.2, 0.25) is 5.91 Å². The molecule has 1 fully saturated rings. The van der Waals surface area contributed by atoms with Crippen molar-refractivity contribution in [1.29, 1.82) is 0 Å². The molecule has 6 nitrogen and oxygen atoms in total. The number of carbonyl (C=O) groups is 1. The molecule has 0 unspecified atom stereocenters.